The first-order valence-corrected chi connectivity index (χ1v) is 10.7. The molecule has 0 aliphatic rings. The van der Waals surface area contributed by atoms with E-state index in [0.717, 1.165) is 22.5 Å². The van der Waals surface area contributed by atoms with Crippen LogP contribution in [0.1, 0.15) is 40.2 Å². The monoisotopic (exact) mass is 436 g/mol. The summed E-state index contributed by atoms with van der Waals surface area (Å²) in [4.78, 5) is 0. The highest BCUT2D eigenvalue weighted by atomic mass is 35.5. The van der Waals surface area contributed by atoms with Gasteiger partial charge < -0.3 is 18.9 Å². The Morgan fingerprint density at radius 2 is 1.62 bits per heavy atom. The largest absolute Gasteiger partial charge is 0.457 e. The quantitative estimate of drug-likeness (QED) is 0.213. The SMILES string of the molecule is CCOCOCc1cc(Oc2ccc(Cl)cc2)ccc1BOC(C)(C)C(C)(C)P. The van der Waals surface area contributed by atoms with Gasteiger partial charge in [-0.2, -0.15) is 0 Å². The summed E-state index contributed by atoms with van der Waals surface area (Å²) in [6, 6.07) is 13.2. The van der Waals surface area contributed by atoms with Gasteiger partial charge in [-0.3, -0.25) is 0 Å². The molecular formula is C22H31BClO4P. The van der Waals surface area contributed by atoms with E-state index in [1.54, 1.807) is 12.1 Å². The molecule has 158 valence electrons. The summed E-state index contributed by atoms with van der Waals surface area (Å²) in [6.45, 7) is 11.7. The van der Waals surface area contributed by atoms with Crippen LogP contribution in [0, 0.1) is 0 Å². The molecule has 0 heterocycles. The van der Waals surface area contributed by atoms with Gasteiger partial charge in [-0.15, -0.1) is 9.24 Å². The molecule has 0 aliphatic heterocycles. The van der Waals surface area contributed by atoms with E-state index in [1.807, 2.05) is 37.3 Å². The van der Waals surface area contributed by atoms with Crippen molar-refractivity contribution in [3.63, 3.8) is 0 Å². The maximum absolute atomic E-state index is 6.26. The van der Waals surface area contributed by atoms with E-state index in [1.165, 1.54) is 0 Å². The Morgan fingerprint density at radius 3 is 2.24 bits per heavy atom. The lowest BCUT2D eigenvalue weighted by Crippen LogP contribution is -2.45. The fraction of sp³-hybridized carbons (Fsp3) is 0.455. The van der Waals surface area contributed by atoms with Crippen LogP contribution in [0.2, 0.25) is 5.02 Å². The summed E-state index contributed by atoms with van der Waals surface area (Å²) >= 11 is 5.95. The molecule has 0 fully saturated rings. The van der Waals surface area contributed by atoms with E-state index in [-0.39, 0.29) is 17.6 Å². The lowest BCUT2D eigenvalue weighted by Gasteiger charge is -2.39. The Bertz CT molecular complexity index is 775. The molecule has 2 aromatic rings. The Balaban J connectivity index is 2.16. The van der Waals surface area contributed by atoms with Crippen molar-refractivity contribution >= 4 is 33.8 Å². The van der Waals surface area contributed by atoms with Gasteiger partial charge in [-0.05, 0) is 68.2 Å². The van der Waals surface area contributed by atoms with Crippen molar-refractivity contribution in [3.05, 3.63) is 53.1 Å². The van der Waals surface area contributed by atoms with Gasteiger partial charge in [0.25, 0.3) is 0 Å². The van der Waals surface area contributed by atoms with Crippen LogP contribution in [0.4, 0.5) is 0 Å². The normalized spacial score (nSPS) is 12.1. The molecule has 2 aromatic carbocycles. The molecule has 2 rings (SSSR count). The van der Waals surface area contributed by atoms with Gasteiger partial charge in [-0.1, -0.05) is 31.5 Å². The van der Waals surface area contributed by atoms with Gasteiger partial charge in [0.2, 0.25) is 0 Å². The lowest BCUT2D eigenvalue weighted by molar-refractivity contribution is -0.0570. The van der Waals surface area contributed by atoms with Gasteiger partial charge >= 0.3 is 7.48 Å². The Labute approximate surface area is 182 Å². The van der Waals surface area contributed by atoms with Gasteiger partial charge in [0, 0.05) is 16.8 Å². The minimum atomic E-state index is -0.306. The Kier molecular flexibility index (Phi) is 9.00. The lowest BCUT2D eigenvalue weighted by atomic mass is 9.81. The van der Waals surface area contributed by atoms with Crippen molar-refractivity contribution in [2.45, 2.75) is 52.0 Å². The first-order chi connectivity index (χ1) is 13.6. The van der Waals surface area contributed by atoms with E-state index in [0.29, 0.717) is 25.7 Å². The topological polar surface area (TPSA) is 36.9 Å². The molecule has 1 atom stereocenters. The zero-order chi connectivity index (χ0) is 21.5. The molecule has 0 bridgehead atoms. The fourth-order valence-electron chi connectivity index (χ4n) is 2.32. The average Bonchev–Trinajstić information content (AvgIpc) is 2.65. The molecular weight excluding hydrogens is 405 g/mol. The first kappa shape index (κ1) is 24.2. The maximum atomic E-state index is 6.26. The molecule has 4 nitrogen and oxygen atoms in total. The number of hydrogen-bond acceptors (Lipinski definition) is 4. The Hall–Kier alpha value is -1.10. The molecule has 0 saturated heterocycles. The predicted octanol–water partition coefficient (Wildman–Crippen LogP) is 5.07. The molecule has 7 heteroatoms. The summed E-state index contributed by atoms with van der Waals surface area (Å²) in [5, 5.41) is 0.616. The van der Waals surface area contributed by atoms with Crippen LogP contribution in [0.3, 0.4) is 0 Å². The van der Waals surface area contributed by atoms with Crippen LogP contribution in [0.25, 0.3) is 0 Å². The third-order valence-corrected chi connectivity index (χ3v) is 5.94. The van der Waals surface area contributed by atoms with Gasteiger partial charge in [0.1, 0.15) is 18.3 Å². The summed E-state index contributed by atoms with van der Waals surface area (Å²) < 4.78 is 23.2. The van der Waals surface area contributed by atoms with E-state index >= 15 is 0 Å². The van der Waals surface area contributed by atoms with Crippen LogP contribution in [0.15, 0.2) is 42.5 Å². The van der Waals surface area contributed by atoms with Gasteiger partial charge in [-0.25, -0.2) is 0 Å². The minimum Gasteiger partial charge on any atom is -0.457 e. The van der Waals surface area contributed by atoms with E-state index in [2.05, 4.69) is 36.9 Å². The molecule has 0 N–H and O–H groups in total. The van der Waals surface area contributed by atoms with Crippen molar-refractivity contribution in [3.8, 4) is 11.5 Å². The number of halogens is 1. The summed E-state index contributed by atoms with van der Waals surface area (Å²) in [5.41, 5.74) is 1.76. The highest BCUT2D eigenvalue weighted by Crippen LogP contribution is 2.33. The van der Waals surface area contributed by atoms with Crippen LogP contribution >= 0.6 is 20.8 Å². The third-order valence-electron chi connectivity index (χ3n) is 5.00. The highest BCUT2D eigenvalue weighted by Gasteiger charge is 2.33. The van der Waals surface area contributed by atoms with Crippen molar-refractivity contribution in [2.24, 2.45) is 0 Å². The maximum Gasteiger partial charge on any atom is 0.309 e. The molecule has 0 aliphatic carbocycles. The van der Waals surface area contributed by atoms with E-state index < -0.39 is 0 Å². The molecule has 1 unspecified atom stereocenters. The number of benzene rings is 2. The van der Waals surface area contributed by atoms with Crippen molar-refractivity contribution in [2.75, 3.05) is 13.4 Å². The summed E-state index contributed by atoms with van der Waals surface area (Å²) in [5.74, 6) is 1.46. The second kappa shape index (κ2) is 10.8. The molecule has 0 radical (unpaired) electrons. The molecule has 0 spiro atoms. The van der Waals surface area contributed by atoms with Crippen molar-refractivity contribution < 1.29 is 18.9 Å². The van der Waals surface area contributed by atoms with Crippen LogP contribution in [0.5, 0.6) is 11.5 Å². The molecule has 0 saturated carbocycles. The highest BCUT2D eigenvalue weighted by molar-refractivity contribution is 7.19. The summed E-state index contributed by atoms with van der Waals surface area (Å²) in [7, 11) is 3.35. The number of hydrogen-bond donors (Lipinski definition) is 0. The number of rotatable bonds is 11. The van der Waals surface area contributed by atoms with Crippen LogP contribution < -0.4 is 10.2 Å². The fourth-order valence-corrected chi connectivity index (χ4v) is 2.53. The molecule has 0 aromatic heterocycles. The van der Waals surface area contributed by atoms with Crippen LogP contribution in [-0.2, 0) is 20.7 Å². The minimum absolute atomic E-state index is 0.0593. The third kappa shape index (κ3) is 7.59. The Morgan fingerprint density at radius 1 is 0.966 bits per heavy atom. The molecule has 29 heavy (non-hydrogen) atoms. The number of ether oxygens (including phenoxy) is 3. The second-order valence-corrected chi connectivity index (χ2v) is 9.85. The molecule has 0 amide bonds. The smallest absolute Gasteiger partial charge is 0.309 e. The van der Waals surface area contributed by atoms with E-state index in [9.17, 15) is 0 Å². The zero-order valence-corrected chi connectivity index (χ0v) is 19.9. The van der Waals surface area contributed by atoms with Crippen LogP contribution in [-0.4, -0.2) is 31.6 Å². The first-order valence-electron chi connectivity index (χ1n) is 9.76. The summed E-state index contributed by atoms with van der Waals surface area (Å²) in [6.07, 6.45) is 0. The zero-order valence-electron chi connectivity index (χ0n) is 18.0. The second-order valence-electron chi connectivity index (χ2n) is 7.97. The van der Waals surface area contributed by atoms with Gasteiger partial charge in [0.15, 0.2) is 0 Å². The average molecular weight is 437 g/mol. The van der Waals surface area contributed by atoms with Crippen molar-refractivity contribution in [1.82, 2.24) is 0 Å². The predicted molar refractivity (Wildman–Crippen MR) is 125 cm³/mol. The van der Waals surface area contributed by atoms with Gasteiger partial charge in [0.05, 0.1) is 12.2 Å². The van der Waals surface area contributed by atoms with Crippen molar-refractivity contribution in [1.29, 1.82) is 0 Å². The standard InChI is InChI=1S/C22H31BClO4P/c1-6-25-15-26-14-16-13-19(27-18-9-7-17(24)8-10-18)11-12-20(16)23-28-21(2,3)22(4,5)29/h7-13,23H,6,14-15,29H2,1-5H3. The van der Waals surface area contributed by atoms with E-state index in [4.69, 9.17) is 30.5 Å².